The minimum atomic E-state index is -0.896. The molecule has 0 aliphatic heterocycles. The fourth-order valence-corrected chi connectivity index (χ4v) is 3.96. The van der Waals surface area contributed by atoms with Crippen LogP contribution in [0.4, 0.5) is 8.78 Å². The molecule has 0 bridgehead atoms. The molecule has 0 fully saturated rings. The first-order chi connectivity index (χ1) is 14.1. The van der Waals surface area contributed by atoms with Crippen LogP contribution in [0.1, 0.15) is 12.5 Å². The summed E-state index contributed by atoms with van der Waals surface area (Å²) in [6, 6.07) is 16.4. The van der Waals surface area contributed by atoms with E-state index >= 15 is 0 Å². The molecular weight excluding hydrogens is 370 g/mol. The Morgan fingerprint density at radius 2 is 1.62 bits per heavy atom. The first-order valence-corrected chi connectivity index (χ1v) is 9.46. The Morgan fingerprint density at radius 1 is 0.862 bits per heavy atom. The van der Waals surface area contributed by atoms with Crippen LogP contribution in [-0.2, 0) is 6.54 Å². The Morgan fingerprint density at radius 3 is 2.38 bits per heavy atom. The minimum absolute atomic E-state index is 0.515. The number of benzene rings is 3. The summed E-state index contributed by atoms with van der Waals surface area (Å²) >= 11 is 0. The molecule has 4 nitrogen and oxygen atoms in total. The van der Waals surface area contributed by atoms with Crippen molar-refractivity contribution in [3.05, 3.63) is 78.0 Å². The van der Waals surface area contributed by atoms with Crippen LogP contribution in [0.3, 0.4) is 0 Å². The number of rotatable bonds is 3. The van der Waals surface area contributed by atoms with Crippen LogP contribution in [0.5, 0.6) is 0 Å². The van der Waals surface area contributed by atoms with E-state index in [9.17, 15) is 8.78 Å². The third kappa shape index (κ3) is 2.71. The number of nitrogens with zero attached hydrogens (tertiary/aromatic N) is 4. The van der Waals surface area contributed by atoms with Crippen molar-refractivity contribution in [1.29, 1.82) is 0 Å². The van der Waals surface area contributed by atoms with Gasteiger partial charge in [-0.05, 0) is 62.4 Å². The van der Waals surface area contributed by atoms with E-state index in [1.165, 1.54) is 22.5 Å². The lowest BCUT2D eigenvalue weighted by Gasteiger charge is -2.08. The first-order valence-electron chi connectivity index (χ1n) is 9.46. The predicted octanol–water partition coefficient (Wildman–Crippen LogP) is 5.65. The zero-order valence-corrected chi connectivity index (χ0v) is 16.0. The molecule has 2 heterocycles. The van der Waals surface area contributed by atoms with E-state index in [4.69, 9.17) is 0 Å². The topological polar surface area (TPSA) is 35.6 Å². The van der Waals surface area contributed by atoms with E-state index in [0.29, 0.717) is 11.3 Å². The fourth-order valence-electron chi connectivity index (χ4n) is 3.96. The molecule has 2 aromatic heterocycles. The molecule has 0 radical (unpaired) electrons. The number of hydrogen-bond acceptors (Lipinski definition) is 2. The SMILES string of the molecule is CCn1c2ccc(C)cc2c2cc(-n3nncc3-c3ccc(F)c(F)c3)ccc21. The van der Waals surface area contributed by atoms with Gasteiger partial charge in [-0.1, -0.05) is 16.8 Å². The molecule has 0 saturated carbocycles. The van der Waals surface area contributed by atoms with Gasteiger partial charge < -0.3 is 4.57 Å². The smallest absolute Gasteiger partial charge is 0.159 e. The largest absolute Gasteiger partial charge is 0.341 e. The van der Waals surface area contributed by atoms with Gasteiger partial charge >= 0.3 is 0 Å². The van der Waals surface area contributed by atoms with Gasteiger partial charge in [0.2, 0.25) is 0 Å². The molecule has 0 aliphatic rings. The first kappa shape index (κ1) is 17.6. The zero-order valence-electron chi connectivity index (χ0n) is 16.0. The van der Waals surface area contributed by atoms with Gasteiger partial charge in [-0.2, -0.15) is 0 Å². The second-order valence-electron chi connectivity index (χ2n) is 7.13. The van der Waals surface area contributed by atoms with Crippen molar-refractivity contribution >= 4 is 21.8 Å². The molecule has 0 unspecified atom stereocenters. The molecule has 0 aliphatic carbocycles. The lowest BCUT2D eigenvalue weighted by molar-refractivity contribution is 0.509. The molecule has 29 heavy (non-hydrogen) atoms. The standard InChI is InChI=1S/C23H18F2N4/c1-3-28-21-8-4-14(2)10-17(21)18-12-16(6-9-22(18)28)29-23(13-26-27-29)15-5-7-19(24)20(25)11-15/h4-13H,3H2,1-2H3. The summed E-state index contributed by atoms with van der Waals surface area (Å²) in [6.45, 7) is 5.08. The third-order valence-electron chi connectivity index (χ3n) is 5.33. The van der Waals surface area contributed by atoms with E-state index in [2.05, 4.69) is 59.1 Å². The van der Waals surface area contributed by atoms with E-state index < -0.39 is 11.6 Å². The van der Waals surface area contributed by atoms with E-state index in [0.717, 1.165) is 35.3 Å². The quantitative estimate of drug-likeness (QED) is 0.400. The van der Waals surface area contributed by atoms with Crippen molar-refractivity contribution in [2.75, 3.05) is 0 Å². The summed E-state index contributed by atoms with van der Waals surface area (Å²) in [6.07, 6.45) is 1.55. The number of hydrogen-bond donors (Lipinski definition) is 0. The molecule has 5 aromatic rings. The van der Waals surface area contributed by atoms with Gasteiger partial charge in [-0.25, -0.2) is 13.5 Å². The minimum Gasteiger partial charge on any atom is -0.341 e. The van der Waals surface area contributed by atoms with Crippen LogP contribution < -0.4 is 0 Å². The van der Waals surface area contributed by atoms with Gasteiger partial charge in [0.1, 0.15) is 0 Å². The van der Waals surface area contributed by atoms with Crippen LogP contribution in [-0.4, -0.2) is 19.6 Å². The Balaban J connectivity index is 1.73. The summed E-state index contributed by atoms with van der Waals surface area (Å²) in [7, 11) is 0. The fraction of sp³-hybridized carbons (Fsp3) is 0.130. The van der Waals surface area contributed by atoms with E-state index in [-0.39, 0.29) is 0 Å². The van der Waals surface area contributed by atoms with Crippen molar-refractivity contribution < 1.29 is 8.78 Å². The highest BCUT2D eigenvalue weighted by atomic mass is 19.2. The molecule has 6 heteroatoms. The Labute approximate surface area is 166 Å². The number of fused-ring (bicyclic) bond motifs is 3. The van der Waals surface area contributed by atoms with Crippen LogP contribution in [0.2, 0.25) is 0 Å². The second-order valence-corrected chi connectivity index (χ2v) is 7.13. The van der Waals surface area contributed by atoms with Gasteiger partial charge in [-0.15, -0.1) is 5.10 Å². The molecule has 3 aromatic carbocycles. The molecule has 0 N–H and O–H groups in total. The summed E-state index contributed by atoms with van der Waals surface area (Å²) in [5, 5.41) is 10.5. The number of halogens is 2. The molecule has 0 saturated heterocycles. The number of aromatic nitrogens is 4. The molecule has 0 atom stereocenters. The normalized spacial score (nSPS) is 11.6. The summed E-state index contributed by atoms with van der Waals surface area (Å²) in [5.41, 5.74) is 5.45. The van der Waals surface area contributed by atoms with Crippen molar-refractivity contribution in [3.8, 4) is 16.9 Å². The van der Waals surface area contributed by atoms with E-state index in [1.54, 1.807) is 10.9 Å². The average molecular weight is 388 g/mol. The summed E-state index contributed by atoms with van der Waals surface area (Å²) in [5.74, 6) is -1.77. The number of aryl methyl sites for hydroxylation is 2. The predicted molar refractivity (Wildman–Crippen MR) is 110 cm³/mol. The van der Waals surface area contributed by atoms with E-state index in [1.807, 2.05) is 6.07 Å². The highest BCUT2D eigenvalue weighted by Crippen LogP contribution is 2.32. The van der Waals surface area contributed by atoms with Crippen molar-refractivity contribution in [3.63, 3.8) is 0 Å². The maximum absolute atomic E-state index is 13.7. The maximum atomic E-state index is 13.7. The molecule has 0 amide bonds. The Kier molecular flexibility index (Phi) is 3.94. The summed E-state index contributed by atoms with van der Waals surface area (Å²) in [4.78, 5) is 0. The zero-order chi connectivity index (χ0) is 20.1. The molecule has 5 rings (SSSR count). The van der Waals surface area contributed by atoms with Crippen molar-refractivity contribution in [2.24, 2.45) is 0 Å². The van der Waals surface area contributed by atoms with Gasteiger partial charge in [0.25, 0.3) is 0 Å². The van der Waals surface area contributed by atoms with Gasteiger partial charge in [0, 0.05) is 33.9 Å². The Bertz CT molecular complexity index is 1380. The van der Waals surface area contributed by atoms with Gasteiger partial charge in [0.15, 0.2) is 11.6 Å². The Hall–Kier alpha value is -3.54. The van der Waals surface area contributed by atoms with Crippen LogP contribution in [0, 0.1) is 18.6 Å². The molecule has 144 valence electrons. The second kappa shape index (κ2) is 6.51. The lowest BCUT2D eigenvalue weighted by Crippen LogP contribution is -2.00. The van der Waals surface area contributed by atoms with Crippen LogP contribution in [0.25, 0.3) is 38.8 Å². The monoisotopic (exact) mass is 388 g/mol. The highest BCUT2D eigenvalue weighted by Gasteiger charge is 2.15. The lowest BCUT2D eigenvalue weighted by atomic mass is 10.1. The highest BCUT2D eigenvalue weighted by molar-refractivity contribution is 6.09. The van der Waals surface area contributed by atoms with Gasteiger partial charge in [-0.3, -0.25) is 0 Å². The van der Waals surface area contributed by atoms with Crippen LogP contribution in [0.15, 0.2) is 60.8 Å². The van der Waals surface area contributed by atoms with Crippen molar-refractivity contribution in [2.45, 2.75) is 20.4 Å². The maximum Gasteiger partial charge on any atom is 0.159 e. The summed E-state index contributed by atoms with van der Waals surface area (Å²) < 4.78 is 31.0. The third-order valence-corrected chi connectivity index (χ3v) is 5.33. The molecular formula is C23H18F2N4. The average Bonchev–Trinajstić information content (AvgIpc) is 3.32. The molecule has 0 spiro atoms. The van der Waals surface area contributed by atoms with Gasteiger partial charge in [0.05, 0.1) is 17.6 Å². The van der Waals surface area contributed by atoms with Crippen molar-refractivity contribution in [1.82, 2.24) is 19.6 Å². The van der Waals surface area contributed by atoms with Crippen LogP contribution >= 0.6 is 0 Å².